The van der Waals surface area contributed by atoms with Crippen molar-refractivity contribution < 1.29 is 31.6 Å². The van der Waals surface area contributed by atoms with Gasteiger partial charge in [-0.15, -0.1) is 4.80 Å². The first-order chi connectivity index (χ1) is 15.9. The summed E-state index contributed by atoms with van der Waals surface area (Å²) in [6, 6.07) is 0.828. The van der Waals surface area contributed by atoms with Crippen molar-refractivity contribution >= 4 is 5.78 Å². The fourth-order valence-corrected chi connectivity index (χ4v) is 3.11. The highest BCUT2D eigenvalue weighted by Crippen LogP contribution is 2.33. The third-order valence-electron chi connectivity index (χ3n) is 4.46. The molecule has 31 heavy (non-hydrogen) atoms. The highest BCUT2D eigenvalue weighted by atomic mass is 19.4. The van der Waals surface area contributed by atoms with E-state index in [-0.39, 0.29) is 24.2 Å². The van der Waals surface area contributed by atoms with Gasteiger partial charge in [-0.3, -0.25) is 9.78 Å². The van der Waals surface area contributed by atoms with E-state index in [1.807, 2.05) is 0 Å². The Morgan fingerprint density at radius 3 is 2.61 bits per heavy atom. The van der Waals surface area contributed by atoms with Crippen LogP contribution in [0.15, 0.2) is 37.1 Å². The maximum absolute atomic E-state index is 13.6. The first-order valence-electron chi connectivity index (χ1n) is 10.5. The lowest BCUT2D eigenvalue weighted by molar-refractivity contribution is -0.138. The maximum atomic E-state index is 13.6. The number of methoxy groups -OCH3 is 2. The first-order valence-corrected chi connectivity index (χ1v) is 9.02. The van der Waals surface area contributed by atoms with Gasteiger partial charge in [-0.05, 0) is 24.1 Å². The number of ketones is 1. The summed E-state index contributed by atoms with van der Waals surface area (Å²) in [5, 5.41) is 7.36. The maximum Gasteiger partial charge on any atom is 0.420 e. The molecule has 0 spiro atoms. The molecule has 8 nitrogen and oxygen atoms in total. The molecular weight excluding hydrogens is 415 g/mol. The molecule has 0 bridgehead atoms. The first kappa shape index (κ1) is 18.4. The number of rotatable bonds is 8. The second-order valence-electron chi connectivity index (χ2n) is 6.60. The summed E-state index contributed by atoms with van der Waals surface area (Å²) < 4.78 is 73.0. The van der Waals surface area contributed by atoms with Crippen LogP contribution >= 0.6 is 0 Å². The second-order valence-corrected chi connectivity index (χ2v) is 6.60. The molecule has 0 aliphatic heterocycles. The van der Waals surface area contributed by atoms with E-state index in [1.54, 1.807) is 0 Å². The van der Waals surface area contributed by atoms with E-state index >= 15 is 0 Å². The van der Waals surface area contributed by atoms with Crippen LogP contribution in [0.1, 0.15) is 39.4 Å². The van der Waals surface area contributed by atoms with Crippen LogP contribution in [0.4, 0.5) is 13.2 Å². The van der Waals surface area contributed by atoms with Gasteiger partial charge in [-0.25, -0.2) is 4.98 Å². The number of pyridine rings is 2. The van der Waals surface area contributed by atoms with Crippen LogP contribution in [0.2, 0.25) is 0 Å². The van der Waals surface area contributed by atoms with Gasteiger partial charge < -0.3 is 9.47 Å². The van der Waals surface area contributed by atoms with E-state index < -0.39 is 36.5 Å². The minimum atomic E-state index is -4.75. The Morgan fingerprint density at radius 2 is 1.97 bits per heavy atom. The van der Waals surface area contributed by atoms with Crippen molar-refractivity contribution in [2.24, 2.45) is 0 Å². The van der Waals surface area contributed by atoms with E-state index in [0.717, 1.165) is 17.1 Å². The molecule has 0 unspecified atom stereocenters. The zero-order chi connectivity index (χ0) is 25.1. The molecule has 164 valence electrons. The fraction of sp³-hybridized carbons (Fsp3) is 0.350. The molecule has 0 aliphatic rings. The van der Waals surface area contributed by atoms with Gasteiger partial charge in [0.05, 0.1) is 35.9 Å². The molecule has 1 atom stereocenters. The van der Waals surface area contributed by atoms with Crippen molar-refractivity contribution in [3.05, 3.63) is 59.3 Å². The number of Topliss-reactive ketones (excluding diaryl/α,β-unsaturated/α-hetero) is 1. The number of nitrogens with zero attached hydrogens (tertiary/aromatic N) is 5. The van der Waals surface area contributed by atoms with Crippen LogP contribution in [-0.2, 0) is 28.5 Å². The minimum absolute atomic E-state index is 0.0393. The zero-order valence-electron chi connectivity index (χ0n) is 19.6. The predicted octanol–water partition coefficient (Wildman–Crippen LogP) is 3.15. The summed E-state index contributed by atoms with van der Waals surface area (Å²) in [4.78, 5) is 21.3. The smallest absolute Gasteiger partial charge is 0.420 e. The molecule has 0 saturated heterocycles. The van der Waals surface area contributed by atoms with Crippen LogP contribution in [0.25, 0.3) is 5.82 Å². The standard InChI is InChI=1S/C20H20F3N5O3/c1-12(30-2)18-14(10-24-11-17(18)31-3)8-15(29)6-13-7-16(20(21,22)23)19(25-9-13)28-26-4-5-27-28/h4-5,7,9-12H,6,8H2,1-3H3/t12-/m0/s1/i2D3. The number of ether oxygens (including phenoxy) is 2. The summed E-state index contributed by atoms with van der Waals surface area (Å²) in [6.07, 6.45) is -0.00569. The molecule has 0 saturated carbocycles. The average molecular weight is 438 g/mol. The summed E-state index contributed by atoms with van der Waals surface area (Å²) in [7, 11) is -1.34. The largest absolute Gasteiger partial charge is 0.495 e. The minimum Gasteiger partial charge on any atom is -0.495 e. The molecule has 0 fully saturated rings. The van der Waals surface area contributed by atoms with Crippen LogP contribution in [0.5, 0.6) is 5.75 Å². The van der Waals surface area contributed by atoms with Gasteiger partial charge in [0.25, 0.3) is 0 Å². The molecule has 0 amide bonds. The molecular formula is C20H20F3N5O3. The lowest BCUT2D eigenvalue weighted by Crippen LogP contribution is -2.16. The lowest BCUT2D eigenvalue weighted by atomic mass is 9.97. The third kappa shape index (κ3) is 5.05. The van der Waals surface area contributed by atoms with E-state index in [4.69, 9.17) is 13.6 Å². The monoisotopic (exact) mass is 438 g/mol. The quantitative estimate of drug-likeness (QED) is 0.534. The molecule has 3 heterocycles. The van der Waals surface area contributed by atoms with Gasteiger partial charge >= 0.3 is 6.18 Å². The number of hydrogen-bond acceptors (Lipinski definition) is 7. The van der Waals surface area contributed by atoms with Crippen molar-refractivity contribution in [1.82, 2.24) is 25.0 Å². The molecule has 3 aromatic heterocycles. The Labute approximate surface area is 180 Å². The highest BCUT2D eigenvalue weighted by Gasteiger charge is 2.36. The molecule has 3 aromatic rings. The molecule has 0 N–H and O–H groups in total. The number of carbonyl (C=O) groups excluding carboxylic acids is 1. The summed E-state index contributed by atoms with van der Waals surface area (Å²) in [5.41, 5.74) is -0.395. The predicted molar refractivity (Wildman–Crippen MR) is 103 cm³/mol. The molecule has 0 radical (unpaired) electrons. The Kier molecular flexibility index (Phi) is 5.48. The highest BCUT2D eigenvalue weighted by molar-refractivity contribution is 5.83. The average Bonchev–Trinajstić information content (AvgIpc) is 3.26. The van der Waals surface area contributed by atoms with E-state index in [9.17, 15) is 18.0 Å². The number of alkyl halides is 3. The van der Waals surface area contributed by atoms with Crippen LogP contribution in [-0.4, -0.2) is 44.9 Å². The van der Waals surface area contributed by atoms with Crippen molar-refractivity contribution in [3.8, 4) is 11.6 Å². The molecule has 3 rings (SSSR count). The SMILES string of the molecule is [2H]C([2H])([2H])O[C@@H](C)c1c(CC(=O)Cc2cnc(-n3nccn3)c(C(F)(F)F)c2)cncc1OC. The lowest BCUT2D eigenvalue weighted by Gasteiger charge is -2.18. The van der Waals surface area contributed by atoms with Gasteiger partial charge in [0.2, 0.25) is 0 Å². The van der Waals surface area contributed by atoms with Crippen LogP contribution in [0, 0.1) is 0 Å². The summed E-state index contributed by atoms with van der Waals surface area (Å²) in [6.45, 7) is 1.49. The third-order valence-corrected chi connectivity index (χ3v) is 4.46. The van der Waals surface area contributed by atoms with Crippen molar-refractivity contribution in [3.63, 3.8) is 0 Å². The van der Waals surface area contributed by atoms with Gasteiger partial charge in [-0.2, -0.15) is 23.4 Å². The molecule has 11 heteroatoms. The van der Waals surface area contributed by atoms with Gasteiger partial charge in [0, 0.05) is 37.8 Å². The second kappa shape index (κ2) is 9.21. The van der Waals surface area contributed by atoms with Crippen molar-refractivity contribution in [2.45, 2.75) is 32.0 Å². The van der Waals surface area contributed by atoms with Gasteiger partial charge in [0.1, 0.15) is 17.1 Å². The Morgan fingerprint density at radius 1 is 1.23 bits per heavy atom. The zero-order valence-corrected chi connectivity index (χ0v) is 16.6. The summed E-state index contributed by atoms with van der Waals surface area (Å²) >= 11 is 0. The van der Waals surface area contributed by atoms with E-state index in [0.29, 0.717) is 11.1 Å². The molecule has 0 aliphatic carbocycles. The van der Waals surface area contributed by atoms with Crippen molar-refractivity contribution in [2.75, 3.05) is 14.1 Å². The Balaban J connectivity index is 1.86. The number of hydrogen-bond donors (Lipinski definition) is 0. The van der Waals surface area contributed by atoms with Crippen LogP contribution in [0.3, 0.4) is 0 Å². The summed E-state index contributed by atoms with van der Waals surface area (Å²) in [5.74, 6) is -0.736. The number of halogens is 3. The topological polar surface area (TPSA) is 92.0 Å². The fourth-order valence-electron chi connectivity index (χ4n) is 3.11. The molecule has 0 aromatic carbocycles. The van der Waals surface area contributed by atoms with Crippen molar-refractivity contribution in [1.29, 1.82) is 0 Å². The normalized spacial score (nSPS) is 14.4. The van der Waals surface area contributed by atoms with E-state index in [2.05, 4.69) is 20.2 Å². The van der Waals surface area contributed by atoms with Crippen LogP contribution < -0.4 is 4.74 Å². The van der Waals surface area contributed by atoms with Gasteiger partial charge in [-0.1, -0.05) is 0 Å². The Hall–Kier alpha value is -3.34. The number of carbonyl (C=O) groups is 1. The van der Waals surface area contributed by atoms with E-state index in [1.165, 1.54) is 38.8 Å². The van der Waals surface area contributed by atoms with Gasteiger partial charge in [0.15, 0.2) is 5.82 Å². The number of aromatic nitrogens is 5. The Bertz CT molecular complexity index is 1150.